The maximum Gasteiger partial charge on any atom is 0.138 e. The predicted molar refractivity (Wildman–Crippen MR) is 91.9 cm³/mol. The molecule has 0 saturated carbocycles. The van der Waals surface area contributed by atoms with Crippen LogP contribution in [0.3, 0.4) is 0 Å². The molecule has 0 saturated heterocycles. The normalized spacial score (nSPS) is 15.3. The number of fused-ring (bicyclic) bond motifs is 3. The van der Waals surface area contributed by atoms with Gasteiger partial charge in [0.2, 0.25) is 0 Å². The lowest BCUT2D eigenvalue weighted by Gasteiger charge is -2.11. The second-order valence-electron chi connectivity index (χ2n) is 6.24. The summed E-state index contributed by atoms with van der Waals surface area (Å²) in [5.41, 5.74) is 3.50. The van der Waals surface area contributed by atoms with E-state index in [1.807, 2.05) is 24.3 Å². The minimum atomic E-state index is 0.581. The first kappa shape index (κ1) is 14.3. The number of rotatable bonds is 3. The summed E-state index contributed by atoms with van der Waals surface area (Å²) >= 11 is 0. The van der Waals surface area contributed by atoms with Crippen molar-refractivity contribution < 1.29 is 9.15 Å². The van der Waals surface area contributed by atoms with Crippen LogP contribution in [0.25, 0.3) is 11.0 Å². The van der Waals surface area contributed by atoms with Crippen molar-refractivity contribution in [3.8, 4) is 5.75 Å². The second-order valence-corrected chi connectivity index (χ2v) is 6.24. The van der Waals surface area contributed by atoms with E-state index in [9.17, 15) is 0 Å². The maximum absolute atomic E-state index is 6.10. The van der Waals surface area contributed by atoms with E-state index in [2.05, 4.69) is 36.2 Å². The zero-order valence-corrected chi connectivity index (χ0v) is 13.4. The Morgan fingerprint density at radius 3 is 2.74 bits per heavy atom. The van der Waals surface area contributed by atoms with Crippen LogP contribution in [-0.4, -0.2) is 25.0 Å². The second kappa shape index (κ2) is 6.09. The third-order valence-electron chi connectivity index (χ3n) is 4.56. The molecule has 118 valence electrons. The fraction of sp³-hybridized carbons (Fsp3) is 0.300. The van der Waals surface area contributed by atoms with Gasteiger partial charge in [-0.25, -0.2) is 0 Å². The number of likely N-dealkylation sites (N-methyl/N-ethyl adjacent to an activating group) is 1. The highest BCUT2D eigenvalue weighted by molar-refractivity contribution is 5.83. The van der Waals surface area contributed by atoms with Gasteiger partial charge in [-0.1, -0.05) is 30.3 Å². The van der Waals surface area contributed by atoms with Crippen LogP contribution in [0.1, 0.15) is 16.9 Å². The van der Waals surface area contributed by atoms with Gasteiger partial charge in [0, 0.05) is 36.5 Å². The van der Waals surface area contributed by atoms with E-state index in [0.29, 0.717) is 6.61 Å². The van der Waals surface area contributed by atoms with Crippen LogP contribution in [0.5, 0.6) is 5.75 Å². The molecule has 0 amide bonds. The van der Waals surface area contributed by atoms with Gasteiger partial charge in [0.15, 0.2) is 0 Å². The van der Waals surface area contributed by atoms with Crippen LogP contribution < -0.4 is 4.74 Å². The minimum Gasteiger partial charge on any atom is -0.489 e. The summed E-state index contributed by atoms with van der Waals surface area (Å²) in [6.45, 7) is 2.73. The van der Waals surface area contributed by atoms with Gasteiger partial charge in [0.05, 0.1) is 0 Å². The molecule has 0 unspecified atom stereocenters. The van der Waals surface area contributed by atoms with Crippen molar-refractivity contribution in [1.29, 1.82) is 0 Å². The Labute approximate surface area is 136 Å². The van der Waals surface area contributed by atoms with Gasteiger partial charge in [0.1, 0.15) is 23.7 Å². The largest absolute Gasteiger partial charge is 0.489 e. The minimum absolute atomic E-state index is 0.581. The van der Waals surface area contributed by atoms with Gasteiger partial charge in [-0.05, 0) is 31.2 Å². The van der Waals surface area contributed by atoms with Crippen LogP contribution in [0, 0.1) is 0 Å². The zero-order chi connectivity index (χ0) is 15.6. The Kier molecular flexibility index (Phi) is 3.80. The molecule has 0 spiro atoms. The van der Waals surface area contributed by atoms with Crippen LogP contribution in [0.2, 0.25) is 0 Å². The Bertz CT molecular complexity index is 807. The lowest BCUT2D eigenvalue weighted by Crippen LogP contribution is -2.20. The topological polar surface area (TPSA) is 25.6 Å². The molecule has 3 aromatic rings. The number of furan rings is 1. The Morgan fingerprint density at radius 1 is 1.04 bits per heavy atom. The number of nitrogens with zero attached hydrogens (tertiary/aromatic N) is 1. The lowest BCUT2D eigenvalue weighted by atomic mass is 10.1. The molecule has 0 N–H and O–H groups in total. The van der Waals surface area contributed by atoms with Crippen LogP contribution in [-0.2, 0) is 19.4 Å². The van der Waals surface area contributed by atoms with E-state index in [0.717, 1.165) is 43.0 Å². The van der Waals surface area contributed by atoms with Crippen molar-refractivity contribution in [2.24, 2.45) is 0 Å². The summed E-state index contributed by atoms with van der Waals surface area (Å²) in [6.07, 6.45) is 2.05. The Hall–Kier alpha value is -2.26. The maximum atomic E-state index is 6.10. The van der Waals surface area contributed by atoms with E-state index in [4.69, 9.17) is 9.15 Å². The highest BCUT2D eigenvalue weighted by atomic mass is 16.5. The Morgan fingerprint density at radius 2 is 1.87 bits per heavy atom. The molecule has 2 aromatic carbocycles. The summed E-state index contributed by atoms with van der Waals surface area (Å²) in [5.74, 6) is 2.01. The van der Waals surface area contributed by atoms with Gasteiger partial charge in [0.25, 0.3) is 0 Å². The summed E-state index contributed by atoms with van der Waals surface area (Å²) in [5, 5.41) is 1.24. The molecule has 0 radical (unpaired) electrons. The molecule has 1 aromatic heterocycles. The van der Waals surface area contributed by atoms with Gasteiger partial charge >= 0.3 is 0 Å². The molecule has 23 heavy (non-hydrogen) atoms. The third kappa shape index (κ3) is 2.97. The number of hydrogen-bond acceptors (Lipinski definition) is 3. The molecule has 2 heterocycles. The van der Waals surface area contributed by atoms with Crippen molar-refractivity contribution >= 4 is 11.0 Å². The highest BCUT2D eigenvalue weighted by Crippen LogP contribution is 2.31. The first-order valence-electron chi connectivity index (χ1n) is 8.19. The van der Waals surface area contributed by atoms with Crippen molar-refractivity contribution in [1.82, 2.24) is 4.90 Å². The SMILES string of the molecule is CN1CCc2oc3cc(OCc4ccccc4)ccc3c2CC1. The lowest BCUT2D eigenvalue weighted by molar-refractivity contribution is 0.306. The average Bonchev–Trinajstić information content (AvgIpc) is 2.83. The fourth-order valence-electron chi connectivity index (χ4n) is 3.19. The smallest absolute Gasteiger partial charge is 0.138 e. The molecule has 3 nitrogen and oxygen atoms in total. The van der Waals surface area contributed by atoms with Crippen LogP contribution >= 0.6 is 0 Å². The van der Waals surface area contributed by atoms with E-state index < -0.39 is 0 Å². The van der Waals surface area contributed by atoms with Gasteiger partial charge in [-0.15, -0.1) is 0 Å². The van der Waals surface area contributed by atoms with Crippen molar-refractivity contribution in [2.75, 3.05) is 20.1 Å². The standard InChI is InChI=1S/C20H21NO2/c1-21-11-9-18-17-8-7-16(13-20(17)23-19(18)10-12-21)22-14-15-5-3-2-4-6-15/h2-8,13H,9-12,14H2,1H3. The number of ether oxygens (including phenoxy) is 1. The van der Waals surface area contributed by atoms with Gasteiger partial charge in [-0.2, -0.15) is 0 Å². The molecule has 0 atom stereocenters. The zero-order valence-electron chi connectivity index (χ0n) is 13.4. The quantitative estimate of drug-likeness (QED) is 0.730. The first-order valence-corrected chi connectivity index (χ1v) is 8.19. The summed E-state index contributed by atoms with van der Waals surface area (Å²) in [6, 6.07) is 16.4. The summed E-state index contributed by atoms with van der Waals surface area (Å²) < 4.78 is 12.0. The highest BCUT2D eigenvalue weighted by Gasteiger charge is 2.18. The summed E-state index contributed by atoms with van der Waals surface area (Å²) in [7, 11) is 2.17. The molecule has 0 fully saturated rings. The Balaban J connectivity index is 1.57. The third-order valence-corrected chi connectivity index (χ3v) is 4.56. The molecule has 0 bridgehead atoms. The monoisotopic (exact) mass is 307 g/mol. The molecule has 1 aliphatic heterocycles. The summed E-state index contributed by atoms with van der Waals surface area (Å²) in [4.78, 5) is 2.36. The molecule has 3 heteroatoms. The molecule has 4 rings (SSSR count). The van der Waals surface area contributed by atoms with E-state index >= 15 is 0 Å². The fourth-order valence-corrected chi connectivity index (χ4v) is 3.19. The van der Waals surface area contributed by atoms with Crippen molar-refractivity contribution in [3.05, 3.63) is 65.4 Å². The van der Waals surface area contributed by atoms with Crippen LogP contribution in [0.15, 0.2) is 52.9 Å². The average molecular weight is 307 g/mol. The van der Waals surface area contributed by atoms with Crippen LogP contribution in [0.4, 0.5) is 0 Å². The van der Waals surface area contributed by atoms with Gasteiger partial charge < -0.3 is 14.1 Å². The molecular formula is C20H21NO2. The number of hydrogen-bond donors (Lipinski definition) is 0. The first-order chi connectivity index (χ1) is 11.3. The van der Waals surface area contributed by atoms with Crippen molar-refractivity contribution in [3.63, 3.8) is 0 Å². The van der Waals surface area contributed by atoms with E-state index in [-0.39, 0.29) is 0 Å². The molecule has 1 aliphatic rings. The van der Waals surface area contributed by atoms with Gasteiger partial charge in [-0.3, -0.25) is 0 Å². The predicted octanol–water partition coefficient (Wildman–Crippen LogP) is 4.04. The van der Waals surface area contributed by atoms with E-state index in [1.54, 1.807) is 0 Å². The van der Waals surface area contributed by atoms with Crippen molar-refractivity contribution in [2.45, 2.75) is 19.4 Å². The number of benzene rings is 2. The van der Waals surface area contributed by atoms with E-state index in [1.165, 1.54) is 16.5 Å². The molecule has 0 aliphatic carbocycles. The molecular weight excluding hydrogens is 286 g/mol.